The molecule has 0 aromatic heterocycles. The molecule has 0 radical (unpaired) electrons. The number of anilines is 1. The molecule has 1 aromatic rings. The summed E-state index contributed by atoms with van der Waals surface area (Å²) in [7, 11) is -2.04. The SMILES string of the molecule is CCCC(C)N(C)S(=O)(=O)c1cc(N)c(C)cc1Cl. The molecule has 0 saturated heterocycles. The van der Waals surface area contributed by atoms with Crippen LogP contribution >= 0.6 is 11.6 Å². The first-order valence-corrected chi connectivity index (χ1v) is 8.07. The van der Waals surface area contributed by atoms with E-state index < -0.39 is 10.0 Å². The molecule has 0 aliphatic heterocycles. The number of hydrogen-bond acceptors (Lipinski definition) is 3. The van der Waals surface area contributed by atoms with Crippen LogP contribution in [0.2, 0.25) is 5.02 Å². The molecule has 4 nitrogen and oxygen atoms in total. The number of nitrogens with two attached hydrogens (primary N) is 1. The Balaban J connectivity index is 3.24. The Labute approximate surface area is 120 Å². The number of sulfonamides is 1. The summed E-state index contributed by atoms with van der Waals surface area (Å²) in [5.74, 6) is 0. The minimum absolute atomic E-state index is 0.0720. The summed E-state index contributed by atoms with van der Waals surface area (Å²) in [6.07, 6.45) is 1.72. The zero-order valence-electron chi connectivity index (χ0n) is 11.8. The molecule has 1 unspecified atom stereocenters. The molecule has 1 atom stereocenters. The van der Waals surface area contributed by atoms with Crippen molar-refractivity contribution in [1.82, 2.24) is 4.31 Å². The van der Waals surface area contributed by atoms with Gasteiger partial charge in [-0.15, -0.1) is 0 Å². The molecule has 0 heterocycles. The third kappa shape index (κ3) is 3.41. The summed E-state index contributed by atoms with van der Waals surface area (Å²) in [5.41, 5.74) is 6.98. The molecule has 0 fully saturated rings. The third-order valence-electron chi connectivity index (χ3n) is 3.30. The Morgan fingerprint density at radius 2 is 2.00 bits per heavy atom. The Bertz CT molecular complexity index is 558. The molecule has 0 saturated carbocycles. The fourth-order valence-electron chi connectivity index (χ4n) is 1.86. The van der Waals surface area contributed by atoms with Gasteiger partial charge in [0.25, 0.3) is 0 Å². The van der Waals surface area contributed by atoms with E-state index in [4.69, 9.17) is 17.3 Å². The van der Waals surface area contributed by atoms with Gasteiger partial charge >= 0.3 is 0 Å². The molecule has 19 heavy (non-hydrogen) atoms. The zero-order valence-corrected chi connectivity index (χ0v) is 13.3. The van der Waals surface area contributed by atoms with Crippen molar-refractivity contribution in [3.63, 3.8) is 0 Å². The third-order valence-corrected chi connectivity index (χ3v) is 5.74. The molecular weight excluding hydrogens is 284 g/mol. The summed E-state index contributed by atoms with van der Waals surface area (Å²) in [5, 5.41) is 0.210. The van der Waals surface area contributed by atoms with Crippen molar-refractivity contribution in [2.24, 2.45) is 0 Å². The minimum atomic E-state index is -3.61. The van der Waals surface area contributed by atoms with Gasteiger partial charge in [-0.3, -0.25) is 0 Å². The summed E-state index contributed by atoms with van der Waals surface area (Å²) in [4.78, 5) is 0.0720. The van der Waals surface area contributed by atoms with E-state index >= 15 is 0 Å². The number of halogens is 1. The van der Waals surface area contributed by atoms with E-state index in [2.05, 4.69) is 0 Å². The fraction of sp³-hybridized carbons (Fsp3) is 0.538. The lowest BCUT2D eigenvalue weighted by Gasteiger charge is -2.24. The molecule has 0 bridgehead atoms. The summed E-state index contributed by atoms with van der Waals surface area (Å²) in [6, 6.07) is 2.94. The Kier molecular flexibility index (Phi) is 5.24. The molecule has 1 rings (SSSR count). The van der Waals surface area contributed by atoms with Crippen molar-refractivity contribution in [2.75, 3.05) is 12.8 Å². The van der Waals surface area contributed by atoms with Crippen molar-refractivity contribution < 1.29 is 8.42 Å². The van der Waals surface area contributed by atoms with Crippen molar-refractivity contribution >= 4 is 27.3 Å². The van der Waals surface area contributed by atoms with Crippen molar-refractivity contribution in [1.29, 1.82) is 0 Å². The van der Waals surface area contributed by atoms with Crippen LogP contribution in [0.4, 0.5) is 5.69 Å². The lowest BCUT2D eigenvalue weighted by molar-refractivity contribution is 0.369. The van der Waals surface area contributed by atoms with Crippen molar-refractivity contribution in [2.45, 2.75) is 44.6 Å². The maximum atomic E-state index is 12.5. The van der Waals surface area contributed by atoms with Gasteiger partial charge in [-0.2, -0.15) is 4.31 Å². The second kappa shape index (κ2) is 6.11. The molecule has 2 N–H and O–H groups in total. The predicted molar refractivity (Wildman–Crippen MR) is 79.9 cm³/mol. The highest BCUT2D eigenvalue weighted by Gasteiger charge is 2.27. The second-order valence-electron chi connectivity index (χ2n) is 4.80. The topological polar surface area (TPSA) is 63.4 Å². The van der Waals surface area contributed by atoms with Gasteiger partial charge in [0.15, 0.2) is 0 Å². The van der Waals surface area contributed by atoms with E-state index in [0.717, 1.165) is 18.4 Å². The monoisotopic (exact) mass is 304 g/mol. The molecule has 108 valence electrons. The van der Waals surface area contributed by atoms with E-state index in [1.54, 1.807) is 20.0 Å². The lowest BCUT2D eigenvalue weighted by atomic mass is 10.2. The number of hydrogen-bond donors (Lipinski definition) is 1. The van der Waals surface area contributed by atoms with Crippen LogP contribution in [0.3, 0.4) is 0 Å². The quantitative estimate of drug-likeness (QED) is 0.850. The molecule has 0 aliphatic rings. The van der Waals surface area contributed by atoms with Crippen molar-refractivity contribution in [3.05, 3.63) is 22.7 Å². The highest BCUT2D eigenvalue weighted by molar-refractivity contribution is 7.89. The first-order chi connectivity index (χ1) is 8.71. The average Bonchev–Trinajstić information content (AvgIpc) is 2.32. The van der Waals surface area contributed by atoms with Gasteiger partial charge in [-0.1, -0.05) is 24.9 Å². The number of rotatable bonds is 5. The van der Waals surface area contributed by atoms with Crippen LogP contribution < -0.4 is 5.73 Å². The second-order valence-corrected chi connectivity index (χ2v) is 7.17. The van der Waals surface area contributed by atoms with Crippen LogP contribution in [-0.2, 0) is 10.0 Å². The van der Waals surface area contributed by atoms with Crippen LogP contribution in [0, 0.1) is 6.92 Å². The van der Waals surface area contributed by atoms with Gasteiger partial charge in [-0.05, 0) is 38.0 Å². The van der Waals surface area contributed by atoms with Crippen LogP contribution in [0.5, 0.6) is 0 Å². The van der Waals surface area contributed by atoms with Crippen molar-refractivity contribution in [3.8, 4) is 0 Å². The maximum absolute atomic E-state index is 12.5. The van der Waals surface area contributed by atoms with E-state index in [-0.39, 0.29) is 16.0 Å². The molecule has 6 heteroatoms. The van der Waals surface area contributed by atoms with Crippen LogP contribution in [-0.4, -0.2) is 25.8 Å². The normalized spacial score (nSPS) is 13.8. The van der Waals surface area contributed by atoms with E-state index in [0.29, 0.717) is 5.69 Å². The molecule has 0 spiro atoms. The predicted octanol–water partition coefficient (Wildman–Crippen LogP) is 3.04. The van der Waals surface area contributed by atoms with Crippen LogP contribution in [0.1, 0.15) is 32.3 Å². The maximum Gasteiger partial charge on any atom is 0.244 e. The molecule has 0 aliphatic carbocycles. The van der Waals surface area contributed by atoms with Crippen LogP contribution in [0.15, 0.2) is 17.0 Å². The summed E-state index contributed by atoms with van der Waals surface area (Å²) >= 11 is 6.05. The Hall–Kier alpha value is -0.780. The van der Waals surface area contributed by atoms with Gasteiger partial charge in [0.1, 0.15) is 4.90 Å². The van der Waals surface area contributed by atoms with E-state index in [1.165, 1.54) is 10.4 Å². The smallest absolute Gasteiger partial charge is 0.244 e. The summed E-state index contributed by atoms with van der Waals surface area (Å²) in [6.45, 7) is 5.70. The first kappa shape index (κ1) is 16.3. The molecular formula is C13H21ClN2O2S. The standard InChI is InChI=1S/C13H21ClN2O2S/c1-5-6-10(3)16(4)19(17,18)13-8-12(15)9(2)7-11(13)14/h7-8,10H,5-6,15H2,1-4H3. The number of aryl methyl sites for hydroxylation is 1. The Morgan fingerprint density at radius 3 is 2.53 bits per heavy atom. The van der Waals surface area contributed by atoms with Gasteiger partial charge in [0.2, 0.25) is 10.0 Å². The number of nitrogen functional groups attached to an aromatic ring is 1. The molecule has 1 aromatic carbocycles. The van der Waals surface area contributed by atoms with Gasteiger partial charge in [0.05, 0.1) is 5.02 Å². The van der Waals surface area contributed by atoms with E-state index in [9.17, 15) is 8.42 Å². The minimum Gasteiger partial charge on any atom is -0.398 e. The molecule has 0 amide bonds. The zero-order chi connectivity index (χ0) is 14.8. The van der Waals surface area contributed by atoms with E-state index in [1.807, 2.05) is 13.8 Å². The van der Waals surface area contributed by atoms with Gasteiger partial charge in [-0.25, -0.2) is 8.42 Å². The highest BCUT2D eigenvalue weighted by atomic mass is 35.5. The average molecular weight is 305 g/mol. The number of nitrogens with zero attached hydrogens (tertiary/aromatic N) is 1. The number of benzene rings is 1. The van der Waals surface area contributed by atoms with Crippen LogP contribution in [0.25, 0.3) is 0 Å². The largest absolute Gasteiger partial charge is 0.398 e. The van der Waals surface area contributed by atoms with Gasteiger partial charge < -0.3 is 5.73 Å². The Morgan fingerprint density at radius 1 is 1.42 bits per heavy atom. The fourth-order valence-corrected chi connectivity index (χ4v) is 3.84. The first-order valence-electron chi connectivity index (χ1n) is 6.25. The lowest BCUT2D eigenvalue weighted by Crippen LogP contribution is -2.35. The highest BCUT2D eigenvalue weighted by Crippen LogP contribution is 2.29. The van der Waals surface area contributed by atoms with Gasteiger partial charge in [0, 0.05) is 18.8 Å². The summed E-state index contributed by atoms with van der Waals surface area (Å²) < 4.78 is 26.4.